The predicted octanol–water partition coefficient (Wildman–Crippen LogP) is 3.78. The van der Waals surface area contributed by atoms with Crippen LogP contribution in [0.5, 0.6) is 5.75 Å². The van der Waals surface area contributed by atoms with Gasteiger partial charge < -0.3 is 10.5 Å². The minimum absolute atomic E-state index is 0.242. The summed E-state index contributed by atoms with van der Waals surface area (Å²) in [7, 11) is 1.69. The molecular weight excluding hydrogens is 262 g/mol. The van der Waals surface area contributed by atoms with E-state index in [1.807, 2.05) is 19.9 Å². The fourth-order valence-electron chi connectivity index (χ4n) is 2.34. The first-order valence-corrected chi connectivity index (χ1v) is 7.14. The van der Waals surface area contributed by atoms with Crippen molar-refractivity contribution in [2.45, 2.75) is 40.5 Å². The molecule has 0 aliphatic rings. The van der Waals surface area contributed by atoms with Gasteiger partial charge in [0.05, 0.1) is 12.8 Å². The number of nitrogens with zero attached hydrogens (tertiary/aromatic N) is 2. The number of hydrogen-bond acceptors (Lipinski definition) is 4. The van der Waals surface area contributed by atoms with E-state index in [0.29, 0.717) is 5.82 Å². The third-order valence-electron chi connectivity index (χ3n) is 3.71. The Morgan fingerprint density at radius 2 is 1.71 bits per heavy atom. The lowest BCUT2D eigenvalue weighted by molar-refractivity contribution is 0.411. The average Bonchev–Trinajstić information content (AvgIpc) is 2.43. The van der Waals surface area contributed by atoms with Crippen LogP contribution in [-0.4, -0.2) is 17.1 Å². The molecule has 0 bridgehead atoms. The van der Waals surface area contributed by atoms with Crippen LogP contribution in [0.2, 0.25) is 0 Å². The molecule has 4 nitrogen and oxygen atoms in total. The number of hydrogen-bond donors (Lipinski definition) is 1. The smallest absolute Gasteiger partial charge is 0.133 e. The third kappa shape index (κ3) is 2.84. The van der Waals surface area contributed by atoms with Gasteiger partial charge in [-0.2, -0.15) is 0 Å². The summed E-state index contributed by atoms with van der Waals surface area (Å²) < 4.78 is 5.38. The van der Waals surface area contributed by atoms with Crippen molar-refractivity contribution < 1.29 is 4.74 Å². The van der Waals surface area contributed by atoms with Crippen LogP contribution in [0.1, 0.15) is 42.3 Å². The van der Waals surface area contributed by atoms with Crippen molar-refractivity contribution in [3.8, 4) is 17.0 Å². The van der Waals surface area contributed by atoms with Crippen LogP contribution in [0.3, 0.4) is 0 Å². The Balaban J connectivity index is 2.69. The molecule has 1 aromatic heterocycles. The van der Waals surface area contributed by atoms with Crippen molar-refractivity contribution in [1.82, 2.24) is 9.97 Å². The van der Waals surface area contributed by atoms with Gasteiger partial charge in [0.15, 0.2) is 0 Å². The number of aromatic nitrogens is 2. The lowest BCUT2D eigenvalue weighted by atomic mass is 9.98. The first-order chi connectivity index (χ1) is 9.85. The molecule has 4 heteroatoms. The summed E-state index contributed by atoms with van der Waals surface area (Å²) in [5.41, 5.74) is 11.2. The number of benzene rings is 1. The van der Waals surface area contributed by atoms with Crippen molar-refractivity contribution in [2.75, 3.05) is 12.8 Å². The number of ether oxygens (including phenoxy) is 1. The Morgan fingerprint density at radius 3 is 2.29 bits per heavy atom. The fraction of sp³-hybridized carbons (Fsp3) is 0.412. The minimum atomic E-state index is 0.242. The predicted molar refractivity (Wildman–Crippen MR) is 86.7 cm³/mol. The van der Waals surface area contributed by atoms with Crippen LogP contribution >= 0.6 is 0 Å². The van der Waals surface area contributed by atoms with Gasteiger partial charge in [-0.25, -0.2) is 9.97 Å². The maximum atomic E-state index is 6.06. The largest absolute Gasteiger partial charge is 0.496 e. The summed E-state index contributed by atoms with van der Waals surface area (Å²) >= 11 is 0. The van der Waals surface area contributed by atoms with Crippen molar-refractivity contribution >= 4 is 5.82 Å². The Labute approximate surface area is 126 Å². The SMILES string of the molecule is COc1cc(C)c(-c2nc(C(C)C)nc(N)c2C)cc1C. The second-order valence-electron chi connectivity index (χ2n) is 5.73. The molecule has 0 aliphatic heterocycles. The van der Waals surface area contributed by atoms with E-state index in [1.54, 1.807) is 7.11 Å². The molecule has 2 rings (SSSR count). The number of anilines is 1. The van der Waals surface area contributed by atoms with Crippen LogP contribution < -0.4 is 10.5 Å². The van der Waals surface area contributed by atoms with Gasteiger partial charge in [-0.3, -0.25) is 0 Å². The zero-order valence-corrected chi connectivity index (χ0v) is 13.6. The van der Waals surface area contributed by atoms with Crippen LogP contribution in [0, 0.1) is 20.8 Å². The molecule has 21 heavy (non-hydrogen) atoms. The zero-order valence-electron chi connectivity index (χ0n) is 13.6. The van der Waals surface area contributed by atoms with Gasteiger partial charge in [-0.15, -0.1) is 0 Å². The molecule has 0 saturated heterocycles. The van der Waals surface area contributed by atoms with Crippen LogP contribution in [-0.2, 0) is 0 Å². The van der Waals surface area contributed by atoms with Gasteiger partial charge >= 0.3 is 0 Å². The van der Waals surface area contributed by atoms with Crippen LogP contribution in [0.15, 0.2) is 12.1 Å². The summed E-state index contributed by atoms with van der Waals surface area (Å²) in [5.74, 6) is 2.46. The summed E-state index contributed by atoms with van der Waals surface area (Å²) in [6, 6.07) is 4.14. The Bertz CT molecular complexity index is 678. The molecule has 0 amide bonds. The number of aryl methyl sites for hydroxylation is 2. The van der Waals surface area contributed by atoms with Crippen molar-refractivity contribution in [2.24, 2.45) is 0 Å². The van der Waals surface area contributed by atoms with E-state index in [1.165, 1.54) is 0 Å². The molecule has 1 aromatic carbocycles. The maximum absolute atomic E-state index is 6.06. The highest BCUT2D eigenvalue weighted by atomic mass is 16.5. The highest BCUT2D eigenvalue weighted by molar-refractivity contribution is 5.72. The maximum Gasteiger partial charge on any atom is 0.133 e. The van der Waals surface area contributed by atoms with Crippen molar-refractivity contribution in [3.05, 3.63) is 34.6 Å². The second-order valence-corrected chi connectivity index (χ2v) is 5.73. The average molecular weight is 285 g/mol. The van der Waals surface area contributed by atoms with E-state index in [-0.39, 0.29) is 5.92 Å². The highest BCUT2D eigenvalue weighted by Gasteiger charge is 2.15. The molecule has 1 heterocycles. The van der Waals surface area contributed by atoms with E-state index in [4.69, 9.17) is 15.5 Å². The quantitative estimate of drug-likeness (QED) is 0.932. The Hall–Kier alpha value is -2.10. The van der Waals surface area contributed by atoms with Gasteiger partial charge in [0, 0.05) is 17.0 Å². The fourth-order valence-corrected chi connectivity index (χ4v) is 2.34. The van der Waals surface area contributed by atoms with Gasteiger partial charge in [-0.1, -0.05) is 13.8 Å². The first-order valence-electron chi connectivity index (χ1n) is 7.14. The molecule has 0 saturated carbocycles. The third-order valence-corrected chi connectivity index (χ3v) is 3.71. The van der Waals surface area contributed by atoms with E-state index in [9.17, 15) is 0 Å². The molecule has 0 unspecified atom stereocenters. The zero-order chi connectivity index (χ0) is 15.7. The number of nitrogen functional groups attached to an aromatic ring is 1. The summed E-state index contributed by atoms with van der Waals surface area (Å²) in [4.78, 5) is 9.11. The minimum Gasteiger partial charge on any atom is -0.496 e. The monoisotopic (exact) mass is 285 g/mol. The summed E-state index contributed by atoms with van der Waals surface area (Å²) in [6.45, 7) is 10.2. The van der Waals surface area contributed by atoms with E-state index in [2.05, 4.69) is 31.8 Å². The highest BCUT2D eigenvalue weighted by Crippen LogP contribution is 2.32. The van der Waals surface area contributed by atoms with Crippen molar-refractivity contribution in [1.29, 1.82) is 0 Å². The van der Waals surface area contributed by atoms with Crippen molar-refractivity contribution in [3.63, 3.8) is 0 Å². The summed E-state index contributed by atoms with van der Waals surface area (Å²) in [6.07, 6.45) is 0. The molecule has 0 radical (unpaired) electrons. The number of methoxy groups -OCH3 is 1. The van der Waals surface area contributed by atoms with Gasteiger partial charge in [0.1, 0.15) is 17.4 Å². The standard InChI is InChI=1S/C17H23N3O/c1-9(2)17-19-15(12(5)16(18)20-17)13-7-11(4)14(21-6)8-10(13)3/h7-9H,1-6H3,(H2,18,19,20). The van der Waals surface area contributed by atoms with Crippen LogP contribution in [0.4, 0.5) is 5.82 Å². The van der Waals surface area contributed by atoms with Crippen LogP contribution in [0.25, 0.3) is 11.3 Å². The number of rotatable bonds is 3. The normalized spacial score (nSPS) is 11.0. The molecule has 0 spiro atoms. The van der Waals surface area contributed by atoms with E-state index in [0.717, 1.165) is 39.5 Å². The number of nitrogens with two attached hydrogens (primary N) is 1. The van der Waals surface area contributed by atoms with Gasteiger partial charge in [-0.05, 0) is 44.0 Å². The molecule has 0 aliphatic carbocycles. The molecule has 0 fully saturated rings. The lowest BCUT2D eigenvalue weighted by Gasteiger charge is -2.15. The lowest BCUT2D eigenvalue weighted by Crippen LogP contribution is -2.07. The molecule has 2 aromatic rings. The Kier molecular flexibility index (Phi) is 4.16. The first kappa shape index (κ1) is 15.3. The second kappa shape index (κ2) is 5.72. The molecule has 2 N–H and O–H groups in total. The van der Waals surface area contributed by atoms with E-state index >= 15 is 0 Å². The summed E-state index contributed by atoms with van der Waals surface area (Å²) in [5, 5.41) is 0. The molecular formula is C17H23N3O. The molecule has 0 atom stereocenters. The van der Waals surface area contributed by atoms with Gasteiger partial charge in [0.25, 0.3) is 0 Å². The topological polar surface area (TPSA) is 61.0 Å². The van der Waals surface area contributed by atoms with E-state index < -0.39 is 0 Å². The Morgan fingerprint density at radius 1 is 1.05 bits per heavy atom. The molecule has 112 valence electrons. The van der Waals surface area contributed by atoms with Gasteiger partial charge in [0.2, 0.25) is 0 Å².